The molecule has 1 unspecified atom stereocenters. The standard InChI is InChI=1S/C15H23N3O/c1-3-13-7-5-4-6-10-18(13)15(19)14-11-12(16-2)8-9-17-14/h8-9,11,13H,3-7,10H2,1-2H3,(H,16,17). The van der Waals surface area contributed by atoms with Gasteiger partial charge in [0.25, 0.3) is 5.91 Å². The number of anilines is 1. The Labute approximate surface area is 115 Å². The van der Waals surface area contributed by atoms with E-state index in [0.29, 0.717) is 11.7 Å². The minimum Gasteiger partial charge on any atom is -0.388 e. The predicted molar refractivity (Wildman–Crippen MR) is 77.4 cm³/mol. The second kappa shape index (κ2) is 6.55. The van der Waals surface area contributed by atoms with Gasteiger partial charge in [0, 0.05) is 31.5 Å². The van der Waals surface area contributed by atoms with Crippen molar-refractivity contribution in [2.75, 3.05) is 18.9 Å². The lowest BCUT2D eigenvalue weighted by Crippen LogP contribution is -2.40. The molecule has 1 aromatic heterocycles. The number of pyridine rings is 1. The van der Waals surface area contributed by atoms with Gasteiger partial charge in [0.15, 0.2) is 0 Å². The Morgan fingerprint density at radius 1 is 1.47 bits per heavy atom. The molecule has 2 heterocycles. The van der Waals surface area contributed by atoms with Crippen LogP contribution in [0.2, 0.25) is 0 Å². The molecule has 1 amide bonds. The van der Waals surface area contributed by atoms with Gasteiger partial charge in [-0.25, -0.2) is 0 Å². The van der Waals surface area contributed by atoms with E-state index in [-0.39, 0.29) is 5.91 Å². The topological polar surface area (TPSA) is 45.2 Å². The minimum absolute atomic E-state index is 0.0749. The largest absolute Gasteiger partial charge is 0.388 e. The summed E-state index contributed by atoms with van der Waals surface area (Å²) < 4.78 is 0. The molecule has 19 heavy (non-hydrogen) atoms. The van der Waals surface area contributed by atoms with E-state index in [4.69, 9.17) is 0 Å². The van der Waals surface area contributed by atoms with E-state index in [1.54, 1.807) is 6.20 Å². The number of amides is 1. The fraction of sp³-hybridized carbons (Fsp3) is 0.600. The smallest absolute Gasteiger partial charge is 0.272 e. The molecule has 4 nitrogen and oxygen atoms in total. The summed E-state index contributed by atoms with van der Waals surface area (Å²) in [5.41, 5.74) is 1.48. The number of hydrogen-bond donors (Lipinski definition) is 1. The zero-order valence-corrected chi connectivity index (χ0v) is 11.9. The van der Waals surface area contributed by atoms with Gasteiger partial charge in [0.05, 0.1) is 0 Å². The van der Waals surface area contributed by atoms with Crippen LogP contribution in [0.5, 0.6) is 0 Å². The highest BCUT2D eigenvalue weighted by molar-refractivity contribution is 5.93. The molecule has 104 valence electrons. The lowest BCUT2D eigenvalue weighted by atomic mass is 10.1. The second-order valence-electron chi connectivity index (χ2n) is 5.09. The Kier molecular flexibility index (Phi) is 4.77. The number of hydrogen-bond acceptors (Lipinski definition) is 3. The summed E-state index contributed by atoms with van der Waals surface area (Å²) in [5, 5.41) is 3.05. The summed E-state index contributed by atoms with van der Waals surface area (Å²) in [6.07, 6.45) is 7.40. The molecule has 1 N–H and O–H groups in total. The van der Waals surface area contributed by atoms with Crippen LogP contribution in [-0.2, 0) is 0 Å². The summed E-state index contributed by atoms with van der Waals surface area (Å²) in [5.74, 6) is 0.0749. The van der Waals surface area contributed by atoms with E-state index in [1.807, 2.05) is 24.1 Å². The molecule has 4 heteroatoms. The number of likely N-dealkylation sites (tertiary alicyclic amines) is 1. The van der Waals surface area contributed by atoms with E-state index >= 15 is 0 Å². The Morgan fingerprint density at radius 3 is 3.05 bits per heavy atom. The van der Waals surface area contributed by atoms with Crippen LogP contribution >= 0.6 is 0 Å². The zero-order valence-electron chi connectivity index (χ0n) is 11.9. The monoisotopic (exact) mass is 261 g/mol. The fourth-order valence-electron chi connectivity index (χ4n) is 2.72. The average Bonchev–Trinajstić information content (AvgIpc) is 2.71. The second-order valence-corrected chi connectivity index (χ2v) is 5.09. The Bertz CT molecular complexity index is 433. The highest BCUT2D eigenvalue weighted by atomic mass is 16.2. The van der Waals surface area contributed by atoms with Crippen molar-refractivity contribution in [3.8, 4) is 0 Å². The van der Waals surface area contributed by atoms with E-state index in [1.165, 1.54) is 12.8 Å². The van der Waals surface area contributed by atoms with Crippen molar-refractivity contribution in [3.63, 3.8) is 0 Å². The number of nitrogens with one attached hydrogen (secondary N) is 1. The van der Waals surface area contributed by atoms with Gasteiger partial charge < -0.3 is 10.2 Å². The number of carbonyl (C=O) groups excluding carboxylic acids is 1. The Hall–Kier alpha value is -1.58. The maximum Gasteiger partial charge on any atom is 0.272 e. The molecule has 0 saturated carbocycles. The Morgan fingerprint density at radius 2 is 2.32 bits per heavy atom. The summed E-state index contributed by atoms with van der Waals surface area (Å²) >= 11 is 0. The first-order valence-corrected chi connectivity index (χ1v) is 7.21. The summed E-state index contributed by atoms with van der Waals surface area (Å²) in [7, 11) is 1.85. The first-order chi connectivity index (χ1) is 9.26. The molecule has 1 fully saturated rings. The molecule has 2 rings (SSSR count). The van der Waals surface area contributed by atoms with Crippen molar-refractivity contribution in [1.82, 2.24) is 9.88 Å². The van der Waals surface area contributed by atoms with Crippen LogP contribution in [0.25, 0.3) is 0 Å². The first-order valence-electron chi connectivity index (χ1n) is 7.21. The maximum atomic E-state index is 12.6. The van der Waals surface area contributed by atoms with Gasteiger partial charge in [-0.05, 0) is 31.4 Å². The number of aromatic nitrogens is 1. The molecule has 0 aliphatic carbocycles. The third kappa shape index (κ3) is 3.25. The van der Waals surface area contributed by atoms with Gasteiger partial charge in [0.2, 0.25) is 0 Å². The van der Waals surface area contributed by atoms with Crippen LogP contribution in [0.1, 0.15) is 49.5 Å². The molecule has 1 atom stereocenters. The molecule has 0 aromatic carbocycles. The van der Waals surface area contributed by atoms with Gasteiger partial charge in [-0.15, -0.1) is 0 Å². The van der Waals surface area contributed by atoms with Crippen LogP contribution in [0.3, 0.4) is 0 Å². The van der Waals surface area contributed by atoms with E-state index in [2.05, 4.69) is 17.2 Å². The van der Waals surface area contributed by atoms with Crippen molar-refractivity contribution in [2.45, 2.75) is 45.1 Å². The summed E-state index contributed by atoms with van der Waals surface area (Å²) in [6, 6.07) is 4.08. The molecule has 1 aliphatic heterocycles. The van der Waals surface area contributed by atoms with Crippen molar-refractivity contribution < 1.29 is 4.79 Å². The van der Waals surface area contributed by atoms with Crippen LogP contribution in [0.4, 0.5) is 5.69 Å². The molecular weight excluding hydrogens is 238 g/mol. The summed E-state index contributed by atoms with van der Waals surface area (Å²) in [4.78, 5) is 18.9. The lowest BCUT2D eigenvalue weighted by Gasteiger charge is -2.29. The molecule has 0 spiro atoms. The number of nitrogens with zero attached hydrogens (tertiary/aromatic N) is 2. The lowest BCUT2D eigenvalue weighted by molar-refractivity contribution is 0.0672. The van der Waals surface area contributed by atoms with Crippen molar-refractivity contribution in [3.05, 3.63) is 24.0 Å². The first kappa shape index (κ1) is 13.8. The fourth-order valence-corrected chi connectivity index (χ4v) is 2.72. The predicted octanol–water partition coefficient (Wildman–Crippen LogP) is 2.92. The van der Waals surface area contributed by atoms with Gasteiger partial charge in [-0.2, -0.15) is 0 Å². The molecular formula is C15H23N3O. The van der Waals surface area contributed by atoms with E-state index in [0.717, 1.165) is 31.5 Å². The van der Waals surface area contributed by atoms with Crippen LogP contribution in [-0.4, -0.2) is 35.4 Å². The molecule has 1 aliphatic rings. The SMILES string of the molecule is CCC1CCCCCN1C(=O)c1cc(NC)ccn1. The quantitative estimate of drug-likeness (QED) is 0.910. The van der Waals surface area contributed by atoms with E-state index < -0.39 is 0 Å². The molecule has 0 bridgehead atoms. The summed E-state index contributed by atoms with van der Waals surface area (Å²) in [6.45, 7) is 3.02. The highest BCUT2D eigenvalue weighted by Gasteiger charge is 2.25. The van der Waals surface area contributed by atoms with Gasteiger partial charge in [-0.3, -0.25) is 9.78 Å². The number of rotatable bonds is 3. The third-order valence-electron chi connectivity index (χ3n) is 3.88. The van der Waals surface area contributed by atoms with Gasteiger partial charge >= 0.3 is 0 Å². The van der Waals surface area contributed by atoms with Gasteiger partial charge in [0.1, 0.15) is 5.69 Å². The van der Waals surface area contributed by atoms with Gasteiger partial charge in [-0.1, -0.05) is 19.8 Å². The number of carbonyl (C=O) groups is 1. The average molecular weight is 261 g/mol. The van der Waals surface area contributed by atoms with E-state index in [9.17, 15) is 4.79 Å². The Balaban J connectivity index is 2.20. The van der Waals surface area contributed by atoms with Crippen molar-refractivity contribution >= 4 is 11.6 Å². The molecule has 1 aromatic rings. The van der Waals surface area contributed by atoms with Crippen molar-refractivity contribution in [2.24, 2.45) is 0 Å². The van der Waals surface area contributed by atoms with Crippen LogP contribution in [0.15, 0.2) is 18.3 Å². The van der Waals surface area contributed by atoms with Crippen LogP contribution in [0, 0.1) is 0 Å². The minimum atomic E-state index is 0.0749. The van der Waals surface area contributed by atoms with Crippen molar-refractivity contribution in [1.29, 1.82) is 0 Å². The molecule has 1 saturated heterocycles. The zero-order chi connectivity index (χ0) is 13.7. The van der Waals surface area contributed by atoms with Crippen LogP contribution < -0.4 is 5.32 Å². The third-order valence-corrected chi connectivity index (χ3v) is 3.88. The molecule has 0 radical (unpaired) electrons. The maximum absolute atomic E-state index is 12.6. The normalized spacial score (nSPS) is 19.9. The highest BCUT2D eigenvalue weighted by Crippen LogP contribution is 2.21.